The van der Waals surface area contributed by atoms with Gasteiger partial charge < -0.3 is 10.8 Å². The zero-order valence-corrected chi connectivity index (χ0v) is 9.39. The van der Waals surface area contributed by atoms with Crippen molar-refractivity contribution in [2.75, 3.05) is 5.88 Å². The van der Waals surface area contributed by atoms with Gasteiger partial charge in [0.15, 0.2) is 0 Å². The van der Waals surface area contributed by atoms with Gasteiger partial charge >= 0.3 is 5.97 Å². The third-order valence-corrected chi connectivity index (χ3v) is 2.27. The van der Waals surface area contributed by atoms with Crippen molar-refractivity contribution in [3.63, 3.8) is 0 Å². The Morgan fingerprint density at radius 1 is 1.56 bits per heavy atom. The summed E-state index contributed by atoms with van der Waals surface area (Å²) in [6, 6.07) is 2.14. The first-order valence-corrected chi connectivity index (χ1v) is 4.99. The zero-order chi connectivity index (χ0) is 12.3. The number of alkyl halides is 1. The molecule has 4 nitrogen and oxygen atoms in total. The van der Waals surface area contributed by atoms with Gasteiger partial charge in [-0.2, -0.15) is 0 Å². The topological polar surface area (TPSA) is 75.7 Å². The van der Waals surface area contributed by atoms with Gasteiger partial charge in [-0.25, -0.2) is 14.2 Å². The van der Waals surface area contributed by atoms with E-state index >= 15 is 0 Å². The molecule has 0 bridgehead atoms. The highest BCUT2D eigenvalue weighted by Gasteiger charge is 2.18. The summed E-state index contributed by atoms with van der Waals surface area (Å²) in [6.07, 6.45) is 0. The van der Waals surface area contributed by atoms with Gasteiger partial charge in [-0.05, 0) is 12.1 Å². The Balaban J connectivity index is 3.46. The number of hydrogen-bond acceptors (Lipinski definition) is 2. The first-order chi connectivity index (χ1) is 7.47. The lowest BCUT2D eigenvalue weighted by molar-refractivity contribution is 0.0697. The second-order valence-corrected chi connectivity index (χ2v) is 3.47. The number of rotatable bonds is 3. The smallest absolute Gasteiger partial charge is 0.339 e. The molecule has 0 aliphatic carbocycles. The highest BCUT2D eigenvalue weighted by Crippen LogP contribution is 2.29. The van der Waals surface area contributed by atoms with Crippen molar-refractivity contribution in [3.05, 3.63) is 28.5 Å². The van der Waals surface area contributed by atoms with Gasteiger partial charge in [0.25, 0.3) is 0 Å². The molecule has 0 aliphatic heterocycles. The maximum atomic E-state index is 13.4. The van der Waals surface area contributed by atoms with Gasteiger partial charge in [-0.1, -0.05) is 11.6 Å². The second-order valence-electron chi connectivity index (χ2n) is 2.79. The van der Waals surface area contributed by atoms with E-state index in [-0.39, 0.29) is 16.7 Å². The molecule has 0 atom stereocenters. The molecule has 0 spiro atoms. The molecule has 7 heteroatoms. The SMILES string of the molecule is NC(CCl)=Nc1c(F)ccc(Cl)c1C(=O)O. The van der Waals surface area contributed by atoms with E-state index in [4.69, 9.17) is 34.0 Å². The first kappa shape index (κ1) is 12.7. The first-order valence-electron chi connectivity index (χ1n) is 4.07. The Bertz CT molecular complexity index is 463. The molecule has 0 amide bonds. The molecule has 0 aromatic heterocycles. The van der Waals surface area contributed by atoms with Gasteiger partial charge in [-0.3, -0.25) is 0 Å². The van der Waals surface area contributed by atoms with Crippen molar-refractivity contribution < 1.29 is 14.3 Å². The Morgan fingerprint density at radius 2 is 2.19 bits per heavy atom. The standard InChI is InChI=1S/C9H7Cl2FN2O2/c10-3-6(13)14-8-5(12)2-1-4(11)7(8)9(15)16/h1-2H,3H2,(H2,13,14)(H,15,16). The highest BCUT2D eigenvalue weighted by molar-refractivity contribution is 6.34. The predicted octanol–water partition coefficient (Wildman–Crippen LogP) is 2.40. The van der Waals surface area contributed by atoms with Crippen LogP contribution in [0.5, 0.6) is 0 Å². The maximum Gasteiger partial charge on any atom is 0.339 e. The molecule has 1 aromatic carbocycles. The molecule has 1 aromatic rings. The van der Waals surface area contributed by atoms with Crippen molar-refractivity contribution in [1.29, 1.82) is 0 Å². The number of nitrogens with zero attached hydrogens (tertiary/aromatic N) is 1. The van der Waals surface area contributed by atoms with E-state index in [9.17, 15) is 9.18 Å². The fraction of sp³-hybridized carbons (Fsp3) is 0.111. The summed E-state index contributed by atoms with van der Waals surface area (Å²) in [5, 5.41) is 8.75. The number of amidine groups is 1. The molecule has 86 valence electrons. The van der Waals surface area contributed by atoms with E-state index in [1.165, 1.54) is 0 Å². The molecule has 3 N–H and O–H groups in total. The Morgan fingerprint density at radius 3 is 2.69 bits per heavy atom. The van der Waals surface area contributed by atoms with Gasteiger partial charge in [0.1, 0.15) is 22.9 Å². The van der Waals surface area contributed by atoms with Crippen LogP contribution >= 0.6 is 23.2 Å². The lowest BCUT2D eigenvalue weighted by Crippen LogP contribution is -2.13. The van der Waals surface area contributed by atoms with Crippen molar-refractivity contribution in [3.8, 4) is 0 Å². The number of halogens is 3. The van der Waals surface area contributed by atoms with E-state index in [1.807, 2.05) is 0 Å². The van der Waals surface area contributed by atoms with Crippen LogP contribution in [0.2, 0.25) is 5.02 Å². The van der Waals surface area contributed by atoms with Crippen molar-refractivity contribution in [1.82, 2.24) is 0 Å². The van der Waals surface area contributed by atoms with Gasteiger partial charge in [-0.15, -0.1) is 11.6 Å². The molecular formula is C9H7Cl2FN2O2. The number of carbonyl (C=O) groups is 1. The van der Waals surface area contributed by atoms with Crippen LogP contribution in [0, 0.1) is 5.82 Å². The quantitative estimate of drug-likeness (QED) is 0.500. The minimum Gasteiger partial charge on any atom is -0.478 e. The van der Waals surface area contributed by atoms with E-state index in [2.05, 4.69) is 4.99 Å². The van der Waals surface area contributed by atoms with Crippen LogP contribution in [0.15, 0.2) is 17.1 Å². The average molecular weight is 265 g/mol. The third-order valence-electron chi connectivity index (χ3n) is 1.68. The number of nitrogens with two attached hydrogens (primary N) is 1. The molecule has 0 saturated carbocycles. The summed E-state index contributed by atoms with van der Waals surface area (Å²) < 4.78 is 13.4. The van der Waals surface area contributed by atoms with Crippen molar-refractivity contribution in [2.45, 2.75) is 0 Å². The molecule has 0 saturated heterocycles. The van der Waals surface area contributed by atoms with Crippen LogP contribution < -0.4 is 5.73 Å². The van der Waals surface area contributed by atoms with Crippen LogP contribution in [0.4, 0.5) is 10.1 Å². The van der Waals surface area contributed by atoms with Crippen LogP contribution in [-0.2, 0) is 0 Å². The monoisotopic (exact) mass is 264 g/mol. The molecule has 0 aliphatic rings. The molecular weight excluding hydrogens is 258 g/mol. The highest BCUT2D eigenvalue weighted by atomic mass is 35.5. The van der Waals surface area contributed by atoms with E-state index in [1.54, 1.807) is 0 Å². The average Bonchev–Trinajstić information content (AvgIpc) is 2.22. The molecule has 0 unspecified atom stereocenters. The van der Waals surface area contributed by atoms with E-state index in [0.717, 1.165) is 12.1 Å². The largest absolute Gasteiger partial charge is 0.478 e. The van der Waals surface area contributed by atoms with Gasteiger partial charge in [0.2, 0.25) is 0 Å². The fourth-order valence-electron chi connectivity index (χ4n) is 1.03. The summed E-state index contributed by atoms with van der Waals surface area (Å²) in [6.45, 7) is 0. The lowest BCUT2D eigenvalue weighted by Gasteiger charge is -2.05. The normalized spacial score (nSPS) is 11.6. The molecule has 0 radical (unpaired) electrons. The summed E-state index contributed by atoms with van der Waals surface area (Å²) in [5.41, 5.74) is 4.45. The summed E-state index contributed by atoms with van der Waals surface area (Å²) >= 11 is 11.0. The summed E-state index contributed by atoms with van der Waals surface area (Å²) in [4.78, 5) is 14.5. The van der Waals surface area contributed by atoms with E-state index < -0.39 is 23.0 Å². The Labute approximate surface area is 100 Å². The fourth-order valence-corrected chi connectivity index (χ4v) is 1.32. The molecule has 1 rings (SSSR count). The minimum absolute atomic E-state index is 0.0923. The van der Waals surface area contributed by atoms with Gasteiger partial charge in [0.05, 0.1) is 10.9 Å². The third kappa shape index (κ3) is 2.62. The number of carboxylic acid groups (broad SMARTS) is 1. The van der Waals surface area contributed by atoms with Crippen LogP contribution in [0.1, 0.15) is 10.4 Å². The van der Waals surface area contributed by atoms with Crippen LogP contribution in [0.25, 0.3) is 0 Å². The lowest BCUT2D eigenvalue weighted by atomic mass is 10.1. The van der Waals surface area contributed by atoms with E-state index in [0.29, 0.717) is 0 Å². The summed E-state index contributed by atoms with van der Waals surface area (Å²) in [7, 11) is 0. The summed E-state index contributed by atoms with van der Waals surface area (Å²) in [5.74, 6) is -2.43. The van der Waals surface area contributed by atoms with Crippen molar-refractivity contribution in [2.24, 2.45) is 10.7 Å². The van der Waals surface area contributed by atoms with Crippen LogP contribution in [-0.4, -0.2) is 22.8 Å². The molecule has 0 fully saturated rings. The number of carboxylic acids is 1. The number of hydrogen-bond donors (Lipinski definition) is 2. The van der Waals surface area contributed by atoms with Gasteiger partial charge in [0, 0.05) is 0 Å². The van der Waals surface area contributed by atoms with Crippen molar-refractivity contribution >= 4 is 40.7 Å². The Kier molecular flexibility index (Phi) is 4.09. The predicted molar refractivity (Wildman–Crippen MR) is 60.4 cm³/mol. The number of benzene rings is 1. The maximum absolute atomic E-state index is 13.4. The number of aromatic carboxylic acids is 1. The Hall–Kier alpha value is -1.33. The van der Waals surface area contributed by atoms with Crippen LogP contribution in [0.3, 0.4) is 0 Å². The molecule has 0 heterocycles. The second kappa shape index (κ2) is 5.14. The minimum atomic E-state index is -1.38. The zero-order valence-electron chi connectivity index (χ0n) is 7.88. The number of aliphatic imine (C=N–C) groups is 1. The molecule has 16 heavy (non-hydrogen) atoms.